The summed E-state index contributed by atoms with van der Waals surface area (Å²) in [5.74, 6) is 0.685. The summed E-state index contributed by atoms with van der Waals surface area (Å²) in [6.45, 7) is 11.5. The van der Waals surface area contributed by atoms with Gasteiger partial charge < -0.3 is 4.90 Å². The van der Waals surface area contributed by atoms with Crippen LogP contribution < -0.4 is 0 Å². The zero-order valence-corrected chi connectivity index (χ0v) is 36.9. The Morgan fingerprint density at radius 2 is 0.511 bits per heavy atom. The van der Waals surface area contributed by atoms with Crippen molar-refractivity contribution in [3.8, 4) is 0 Å². The molecule has 292 valence electrons. The molecule has 0 saturated carbocycles. The summed E-state index contributed by atoms with van der Waals surface area (Å²) in [7, 11) is 47.9. The van der Waals surface area contributed by atoms with E-state index in [2.05, 4.69) is 214 Å². The SMILES string of the molecule is CC(C)C(N(C)C)N(C)C.CN(C)C.CN(C)CN(C)C.CN(C)CN(C)CN(C)CN(C)C.CN(C)CN(CN(C)C)CN(C)C. The summed E-state index contributed by atoms with van der Waals surface area (Å²) >= 11 is 0. The predicted molar refractivity (Wildman–Crippen MR) is 213 cm³/mol. The van der Waals surface area contributed by atoms with Crippen LogP contribution in [0.15, 0.2) is 0 Å². The highest BCUT2D eigenvalue weighted by atomic mass is 15.4. The van der Waals surface area contributed by atoms with E-state index < -0.39 is 0 Å². The van der Waals surface area contributed by atoms with E-state index in [4.69, 9.17) is 0 Å². The lowest BCUT2D eigenvalue weighted by atomic mass is 10.1. The Balaban J connectivity index is -0.000000164. The largest absolute Gasteiger partial charge is 0.312 e. The normalized spacial score (nSPS) is 12.0. The van der Waals surface area contributed by atoms with E-state index in [-0.39, 0.29) is 0 Å². The highest BCUT2D eigenvalue weighted by Gasteiger charge is 2.16. The Morgan fingerprint density at radius 3 is 0.617 bits per heavy atom. The smallest absolute Gasteiger partial charge is 0.0636 e. The fourth-order valence-electron chi connectivity index (χ4n) is 5.02. The molecule has 0 atom stereocenters. The Hall–Kier alpha value is -0.520. The standard InChI is InChI=1S/2C9H24N4.C8H20N2.C5H14N2.C3H9N/c1-10(2)7-12(5)9-13(6)8-11(3)4;1-10(2)7-13(8-11(3)4)9-12(5)6;1-7(2)8(9(3)4)10(5)6;1-6(2)5-7(3)4;1-4(2)3/h2*7-9H2,1-6H3;7-8H,1-6H3;5H2,1-4H3;1-3H3. The quantitative estimate of drug-likeness (QED) is 0.206. The highest BCUT2D eigenvalue weighted by Crippen LogP contribution is 2.08. The van der Waals surface area contributed by atoms with Crippen LogP contribution in [0.25, 0.3) is 0 Å². The van der Waals surface area contributed by atoms with Gasteiger partial charge in [0, 0.05) is 6.67 Å². The van der Waals surface area contributed by atoms with Crippen molar-refractivity contribution in [2.45, 2.75) is 20.0 Å². The van der Waals surface area contributed by atoms with Crippen LogP contribution in [0.4, 0.5) is 0 Å². The van der Waals surface area contributed by atoms with Crippen molar-refractivity contribution in [3.05, 3.63) is 0 Å². The lowest BCUT2D eigenvalue weighted by Gasteiger charge is -2.33. The van der Waals surface area contributed by atoms with Gasteiger partial charge >= 0.3 is 0 Å². The average molecular weight is 682 g/mol. The molecule has 0 bridgehead atoms. The van der Waals surface area contributed by atoms with Gasteiger partial charge in [-0.3, -0.25) is 58.8 Å². The summed E-state index contributed by atoms with van der Waals surface area (Å²) in [6.07, 6.45) is 0.556. The van der Waals surface area contributed by atoms with Crippen molar-refractivity contribution in [1.29, 1.82) is 0 Å². The van der Waals surface area contributed by atoms with E-state index in [0.29, 0.717) is 12.1 Å². The molecule has 0 saturated heterocycles. The van der Waals surface area contributed by atoms with Crippen LogP contribution in [-0.4, -0.2) is 279 Å². The van der Waals surface area contributed by atoms with Crippen molar-refractivity contribution >= 4 is 0 Å². The van der Waals surface area contributed by atoms with Gasteiger partial charge in [-0.05, 0) is 168 Å². The molecule has 0 N–H and O–H groups in total. The molecule has 13 heteroatoms. The first-order valence-electron chi connectivity index (χ1n) is 16.7. The fourth-order valence-corrected chi connectivity index (χ4v) is 5.02. The Bertz CT molecular complexity index is 545. The maximum atomic E-state index is 2.38. The number of nitrogens with zero attached hydrogens (tertiary/aromatic N) is 13. The molecular formula is C34H91N13. The summed E-state index contributed by atoms with van der Waals surface area (Å²) in [5, 5.41) is 0. The molecule has 0 aliphatic heterocycles. The third-order valence-corrected chi connectivity index (χ3v) is 5.20. The minimum atomic E-state index is 0.556. The molecule has 0 radical (unpaired) electrons. The van der Waals surface area contributed by atoms with Crippen LogP contribution in [0.2, 0.25) is 0 Å². The molecule has 0 aliphatic rings. The fraction of sp³-hybridized carbons (Fsp3) is 1.00. The van der Waals surface area contributed by atoms with Gasteiger partial charge in [-0.15, -0.1) is 0 Å². The molecule has 0 aromatic heterocycles. The second kappa shape index (κ2) is 34.0. The van der Waals surface area contributed by atoms with Gasteiger partial charge in [-0.25, -0.2) is 0 Å². The number of hydrogen-bond donors (Lipinski definition) is 0. The highest BCUT2D eigenvalue weighted by molar-refractivity contribution is 4.66. The van der Waals surface area contributed by atoms with Crippen LogP contribution in [0, 0.1) is 5.92 Å². The minimum Gasteiger partial charge on any atom is -0.312 e. The first-order valence-corrected chi connectivity index (χ1v) is 16.7. The van der Waals surface area contributed by atoms with Crippen molar-refractivity contribution in [3.63, 3.8) is 0 Å². The molecule has 0 spiro atoms. The summed E-state index contributed by atoms with van der Waals surface area (Å²) in [5.41, 5.74) is 0. The molecule has 0 amide bonds. The van der Waals surface area contributed by atoms with Crippen molar-refractivity contribution in [2.24, 2.45) is 5.92 Å². The minimum absolute atomic E-state index is 0.556. The monoisotopic (exact) mass is 682 g/mol. The van der Waals surface area contributed by atoms with E-state index in [1.807, 2.05) is 26.0 Å². The maximum absolute atomic E-state index is 2.38. The number of hydrogen-bond acceptors (Lipinski definition) is 13. The molecule has 0 unspecified atom stereocenters. The van der Waals surface area contributed by atoms with E-state index in [1.54, 1.807) is 0 Å². The van der Waals surface area contributed by atoms with Gasteiger partial charge in [0.2, 0.25) is 0 Å². The zero-order valence-electron chi connectivity index (χ0n) is 36.9. The van der Waals surface area contributed by atoms with Gasteiger partial charge in [0.15, 0.2) is 0 Å². The maximum Gasteiger partial charge on any atom is 0.0636 e. The van der Waals surface area contributed by atoms with Crippen LogP contribution in [0.3, 0.4) is 0 Å². The van der Waals surface area contributed by atoms with Crippen LogP contribution in [0.1, 0.15) is 13.8 Å². The van der Waals surface area contributed by atoms with Gasteiger partial charge in [0.25, 0.3) is 0 Å². The molecule has 0 fully saturated rings. The van der Waals surface area contributed by atoms with Crippen LogP contribution >= 0.6 is 0 Å². The van der Waals surface area contributed by atoms with Crippen LogP contribution in [-0.2, 0) is 0 Å². The van der Waals surface area contributed by atoms with E-state index >= 15 is 0 Å². The van der Waals surface area contributed by atoms with Gasteiger partial charge in [0.05, 0.1) is 46.2 Å². The van der Waals surface area contributed by atoms with Gasteiger partial charge in [-0.2, -0.15) is 0 Å². The molecule has 0 aromatic rings. The second-order valence-corrected chi connectivity index (χ2v) is 15.9. The van der Waals surface area contributed by atoms with Gasteiger partial charge in [0.1, 0.15) is 0 Å². The van der Waals surface area contributed by atoms with E-state index in [9.17, 15) is 0 Å². The van der Waals surface area contributed by atoms with Crippen LogP contribution in [0.5, 0.6) is 0 Å². The van der Waals surface area contributed by atoms with Crippen molar-refractivity contribution in [2.75, 3.05) is 209 Å². The molecule has 47 heavy (non-hydrogen) atoms. The van der Waals surface area contributed by atoms with E-state index in [0.717, 1.165) is 46.7 Å². The average Bonchev–Trinajstić information content (AvgIpc) is 2.75. The molecule has 0 heterocycles. The Kier molecular flexibility index (Phi) is 40.4. The number of rotatable bonds is 17. The van der Waals surface area contributed by atoms with E-state index in [1.165, 1.54) is 0 Å². The lowest BCUT2D eigenvalue weighted by molar-refractivity contribution is 0.0743. The van der Waals surface area contributed by atoms with Gasteiger partial charge in [-0.1, -0.05) is 13.8 Å². The topological polar surface area (TPSA) is 42.1 Å². The Labute approximate surface area is 298 Å². The third kappa shape index (κ3) is 55.2. The predicted octanol–water partition coefficient (Wildman–Crippen LogP) is 1.03. The first kappa shape index (κ1) is 55.9. The molecular weight excluding hydrogens is 590 g/mol. The first-order chi connectivity index (χ1) is 21.1. The summed E-state index contributed by atoms with van der Waals surface area (Å²) in [4.78, 5) is 28.6. The molecule has 0 aliphatic carbocycles. The third-order valence-electron chi connectivity index (χ3n) is 5.20. The zero-order chi connectivity index (χ0) is 38.6. The van der Waals surface area contributed by atoms with Crippen molar-refractivity contribution < 1.29 is 0 Å². The molecule has 0 rings (SSSR count). The van der Waals surface area contributed by atoms with Crippen molar-refractivity contribution in [1.82, 2.24) is 63.7 Å². The molecule has 0 aromatic carbocycles. The Morgan fingerprint density at radius 1 is 0.298 bits per heavy atom. The lowest BCUT2D eigenvalue weighted by Crippen LogP contribution is -2.44. The second-order valence-electron chi connectivity index (χ2n) is 15.9. The molecule has 13 nitrogen and oxygen atoms in total. The summed E-state index contributed by atoms with van der Waals surface area (Å²) in [6, 6.07) is 0. The summed E-state index contributed by atoms with van der Waals surface area (Å²) < 4.78 is 0.